The molecule has 0 aliphatic heterocycles. The molecule has 0 aromatic carbocycles. The standard InChI is InChI=1S/C15H26N4/c1-12-11-16-13(2)15(17-12)19(4)10-9-18(3)14-7-5-6-8-14/h11,14H,5-10H2,1-4H3. The summed E-state index contributed by atoms with van der Waals surface area (Å²) in [6.07, 6.45) is 7.35. The summed E-state index contributed by atoms with van der Waals surface area (Å²) in [6, 6.07) is 0.790. The van der Waals surface area contributed by atoms with Crippen LogP contribution in [0.3, 0.4) is 0 Å². The van der Waals surface area contributed by atoms with E-state index < -0.39 is 0 Å². The molecular weight excluding hydrogens is 236 g/mol. The van der Waals surface area contributed by atoms with E-state index in [4.69, 9.17) is 0 Å². The van der Waals surface area contributed by atoms with Gasteiger partial charge in [-0.3, -0.25) is 4.98 Å². The minimum Gasteiger partial charge on any atom is -0.357 e. The number of aromatic nitrogens is 2. The largest absolute Gasteiger partial charge is 0.357 e. The molecule has 0 saturated heterocycles. The van der Waals surface area contributed by atoms with E-state index in [2.05, 4.69) is 33.9 Å². The Bertz CT molecular complexity index is 413. The van der Waals surface area contributed by atoms with E-state index in [1.807, 2.05) is 20.0 Å². The van der Waals surface area contributed by atoms with Crippen molar-refractivity contribution >= 4 is 5.82 Å². The number of rotatable bonds is 5. The van der Waals surface area contributed by atoms with Crippen molar-refractivity contribution in [3.05, 3.63) is 17.6 Å². The maximum Gasteiger partial charge on any atom is 0.150 e. The molecular formula is C15H26N4. The van der Waals surface area contributed by atoms with Crippen LogP contribution in [-0.2, 0) is 0 Å². The summed E-state index contributed by atoms with van der Waals surface area (Å²) in [5, 5.41) is 0. The highest BCUT2D eigenvalue weighted by molar-refractivity contribution is 5.42. The smallest absolute Gasteiger partial charge is 0.150 e. The van der Waals surface area contributed by atoms with Crippen LogP contribution >= 0.6 is 0 Å². The zero-order valence-electron chi connectivity index (χ0n) is 12.7. The zero-order valence-corrected chi connectivity index (χ0v) is 12.7. The second kappa shape index (κ2) is 6.33. The first-order valence-corrected chi connectivity index (χ1v) is 7.29. The summed E-state index contributed by atoms with van der Waals surface area (Å²) in [5.41, 5.74) is 1.99. The number of nitrogens with zero attached hydrogens (tertiary/aromatic N) is 4. The molecule has 0 unspecified atom stereocenters. The molecule has 0 amide bonds. The lowest BCUT2D eigenvalue weighted by Crippen LogP contribution is -2.36. The highest BCUT2D eigenvalue weighted by atomic mass is 15.2. The first-order valence-electron chi connectivity index (χ1n) is 7.29. The number of hydrogen-bond donors (Lipinski definition) is 0. The predicted molar refractivity (Wildman–Crippen MR) is 79.7 cm³/mol. The zero-order chi connectivity index (χ0) is 13.8. The molecule has 1 aliphatic carbocycles. The van der Waals surface area contributed by atoms with Gasteiger partial charge in [0, 0.05) is 32.4 Å². The van der Waals surface area contributed by atoms with E-state index in [1.165, 1.54) is 25.7 Å². The molecule has 1 aromatic rings. The third-order valence-electron chi connectivity index (χ3n) is 4.15. The minimum atomic E-state index is 0.790. The molecule has 1 aliphatic rings. The van der Waals surface area contributed by atoms with Crippen molar-refractivity contribution in [2.75, 3.05) is 32.1 Å². The van der Waals surface area contributed by atoms with E-state index in [0.29, 0.717) is 0 Å². The van der Waals surface area contributed by atoms with Gasteiger partial charge in [0.05, 0.1) is 11.4 Å². The third kappa shape index (κ3) is 3.66. The lowest BCUT2D eigenvalue weighted by Gasteiger charge is -2.27. The Morgan fingerprint density at radius 3 is 2.53 bits per heavy atom. The SMILES string of the molecule is Cc1cnc(C)c(N(C)CCN(C)C2CCCC2)n1. The molecule has 0 spiro atoms. The Morgan fingerprint density at radius 2 is 1.84 bits per heavy atom. The first kappa shape index (κ1) is 14.3. The van der Waals surface area contributed by atoms with Crippen LogP contribution in [0, 0.1) is 13.8 Å². The fourth-order valence-corrected chi connectivity index (χ4v) is 2.83. The summed E-state index contributed by atoms with van der Waals surface area (Å²) < 4.78 is 0. The van der Waals surface area contributed by atoms with Crippen LogP contribution in [0.2, 0.25) is 0 Å². The van der Waals surface area contributed by atoms with Crippen LogP contribution in [0.5, 0.6) is 0 Å². The molecule has 0 bridgehead atoms. The molecule has 1 saturated carbocycles. The number of aryl methyl sites for hydroxylation is 2. The number of hydrogen-bond acceptors (Lipinski definition) is 4. The van der Waals surface area contributed by atoms with Crippen LogP contribution in [-0.4, -0.2) is 48.1 Å². The van der Waals surface area contributed by atoms with Crippen LogP contribution < -0.4 is 4.90 Å². The molecule has 1 fully saturated rings. The van der Waals surface area contributed by atoms with Crippen molar-refractivity contribution in [3.63, 3.8) is 0 Å². The quantitative estimate of drug-likeness (QED) is 0.815. The second-order valence-corrected chi connectivity index (χ2v) is 5.76. The monoisotopic (exact) mass is 262 g/mol. The van der Waals surface area contributed by atoms with Crippen molar-refractivity contribution in [2.45, 2.75) is 45.6 Å². The van der Waals surface area contributed by atoms with Gasteiger partial charge in [-0.05, 0) is 33.7 Å². The van der Waals surface area contributed by atoms with Gasteiger partial charge in [-0.1, -0.05) is 12.8 Å². The van der Waals surface area contributed by atoms with Gasteiger partial charge in [-0.15, -0.1) is 0 Å². The van der Waals surface area contributed by atoms with Crippen LogP contribution in [0.4, 0.5) is 5.82 Å². The molecule has 4 heteroatoms. The Kier molecular flexibility index (Phi) is 4.75. The van der Waals surface area contributed by atoms with Gasteiger partial charge in [-0.2, -0.15) is 0 Å². The van der Waals surface area contributed by atoms with Gasteiger partial charge >= 0.3 is 0 Å². The summed E-state index contributed by atoms with van der Waals surface area (Å²) in [4.78, 5) is 13.7. The van der Waals surface area contributed by atoms with Gasteiger partial charge in [0.1, 0.15) is 5.82 Å². The molecule has 106 valence electrons. The van der Waals surface area contributed by atoms with Crippen LogP contribution in [0.25, 0.3) is 0 Å². The summed E-state index contributed by atoms with van der Waals surface area (Å²) in [5.74, 6) is 1.01. The van der Waals surface area contributed by atoms with Crippen molar-refractivity contribution in [2.24, 2.45) is 0 Å². The third-order valence-corrected chi connectivity index (χ3v) is 4.15. The van der Waals surface area contributed by atoms with Crippen molar-refractivity contribution in [1.82, 2.24) is 14.9 Å². The van der Waals surface area contributed by atoms with Crippen molar-refractivity contribution in [3.8, 4) is 0 Å². The Hall–Kier alpha value is -1.16. The molecule has 2 rings (SSSR count). The van der Waals surface area contributed by atoms with E-state index in [-0.39, 0.29) is 0 Å². The lowest BCUT2D eigenvalue weighted by molar-refractivity contribution is 0.251. The maximum absolute atomic E-state index is 4.59. The Labute approximate surface area is 116 Å². The van der Waals surface area contributed by atoms with E-state index in [0.717, 1.165) is 36.3 Å². The molecule has 19 heavy (non-hydrogen) atoms. The van der Waals surface area contributed by atoms with E-state index in [1.54, 1.807) is 0 Å². The summed E-state index contributed by atoms with van der Waals surface area (Å²) in [7, 11) is 4.36. The molecule has 1 aromatic heterocycles. The van der Waals surface area contributed by atoms with Crippen molar-refractivity contribution in [1.29, 1.82) is 0 Å². The van der Waals surface area contributed by atoms with Gasteiger partial charge in [0.2, 0.25) is 0 Å². The average Bonchev–Trinajstić information content (AvgIpc) is 2.92. The molecule has 0 radical (unpaired) electrons. The first-order chi connectivity index (χ1) is 9.08. The predicted octanol–water partition coefficient (Wildman–Crippen LogP) is 2.40. The van der Waals surface area contributed by atoms with Gasteiger partial charge in [-0.25, -0.2) is 4.98 Å². The highest BCUT2D eigenvalue weighted by Gasteiger charge is 2.19. The lowest BCUT2D eigenvalue weighted by atomic mass is 10.2. The number of anilines is 1. The Balaban J connectivity index is 1.89. The maximum atomic E-state index is 4.59. The van der Waals surface area contributed by atoms with E-state index >= 15 is 0 Å². The summed E-state index contributed by atoms with van der Waals surface area (Å²) >= 11 is 0. The fraction of sp³-hybridized carbons (Fsp3) is 0.733. The van der Waals surface area contributed by atoms with Crippen molar-refractivity contribution < 1.29 is 0 Å². The average molecular weight is 262 g/mol. The van der Waals surface area contributed by atoms with Gasteiger partial charge < -0.3 is 9.80 Å². The molecule has 0 N–H and O–H groups in total. The summed E-state index contributed by atoms with van der Waals surface area (Å²) in [6.45, 7) is 6.12. The van der Waals surface area contributed by atoms with Crippen LogP contribution in [0.15, 0.2) is 6.20 Å². The molecule has 0 atom stereocenters. The highest BCUT2D eigenvalue weighted by Crippen LogP contribution is 2.22. The topological polar surface area (TPSA) is 32.3 Å². The Morgan fingerprint density at radius 1 is 1.16 bits per heavy atom. The van der Waals surface area contributed by atoms with Gasteiger partial charge in [0.25, 0.3) is 0 Å². The van der Waals surface area contributed by atoms with Gasteiger partial charge in [0.15, 0.2) is 0 Å². The van der Waals surface area contributed by atoms with Crippen LogP contribution in [0.1, 0.15) is 37.1 Å². The van der Waals surface area contributed by atoms with E-state index in [9.17, 15) is 0 Å². The minimum absolute atomic E-state index is 0.790. The normalized spacial score (nSPS) is 16.3. The number of likely N-dealkylation sites (N-methyl/N-ethyl adjacent to an activating group) is 2. The molecule has 4 nitrogen and oxygen atoms in total. The fourth-order valence-electron chi connectivity index (χ4n) is 2.83. The second-order valence-electron chi connectivity index (χ2n) is 5.76. The molecule has 1 heterocycles.